The van der Waals surface area contributed by atoms with Crippen molar-refractivity contribution in [3.05, 3.63) is 75.6 Å². The zero-order valence-electron chi connectivity index (χ0n) is 12.9. The molecule has 4 heteroatoms. The van der Waals surface area contributed by atoms with Crippen molar-refractivity contribution in [3.63, 3.8) is 0 Å². The van der Waals surface area contributed by atoms with Crippen LogP contribution in [0.4, 0.5) is 0 Å². The first-order valence-corrected chi connectivity index (χ1v) is 7.66. The molecule has 1 aliphatic rings. The van der Waals surface area contributed by atoms with Crippen LogP contribution in [0.3, 0.4) is 0 Å². The van der Waals surface area contributed by atoms with Gasteiger partial charge in [0, 0.05) is 24.5 Å². The maximum atomic E-state index is 11.7. The van der Waals surface area contributed by atoms with Gasteiger partial charge in [-0.2, -0.15) is 0 Å². The molecule has 0 fully saturated rings. The Bertz CT molecular complexity index is 915. The maximum absolute atomic E-state index is 11.7. The molecule has 2 aromatic carbocycles. The Morgan fingerprint density at radius 2 is 1.96 bits per heavy atom. The lowest BCUT2D eigenvalue weighted by atomic mass is 10.0. The van der Waals surface area contributed by atoms with Crippen molar-refractivity contribution >= 4 is 11.0 Å². The van der Waals surface area contributed by atoms with Crippen LogP contribution in [0.5, 0.6) is 5.75 Å². The number of rotatable bonds is 2. The van der Waals surface area contributed by atoms with E-state index in [2.05, 4.69) is 17.0 Å². The van der Waals surface area contributed by atoms with Gasteiger partial charge in [-0.15, -0.1) is 0 Å². The number of hydrogen-bond donors (Lipinski definition) is 0. The molecular formula is C19H17NO3. The molecule has 0 aliphatic carbocycles. The molecular weight excluding hydrogens is 290 g/mol. The number of aryl methyl sites for hydroxylation is 1. The molecule has 116 valence electrons. The van der Waals surface area contributed by atoms with Crippen LogP contribution in [0, 0.1) is 6.92 Å². The highest BCUT2D eigenvalue weighted by Crippen LogP contribution is 2.33. The summed E-state index contributed by atoms with van der Waals surface area (Å²) in [4.78, 5) is 13.9. The van der Waals surface area contributed by atoms with Crippen molar-refractivity contribution in [1.82, 2.24) is 4.90 Å². The highest BCUT2D eigenvalue weighted by molar-refractivity contribution is 5.85. The highest BCUT2D eigenvalue weighted by Gasteiger charge is 2.22. The van der Waals surface area contributed by atoms with E-state index in [9.17, 15) is 4.79 Å². The zero-order chi connectivity index (χ0) is 15.8. The monoisotopic (exact) mass is 307 g/mol. The van der Waals surface area contributed by atoms with Gasteiger partial charge >= 0.3 is 5.63 Å². The lowest BCUT2D eigenvalue weighted by Crippen LogP contribution is -2.31. The molecule has 4 rings (SSSR count). The van der Waals surface area contributed by atoms with E-state index >= 15 is 0 Å². The van der Waals surface area contributed by atoms with E-state index in [1.807, 2.05) is 37.3 Å². The van der Waals surface area contributed by atoms with Gasteiger partial charge in [-0.1, -0.05) is 30.3 Å². The summed E-state index contributed by atoms with van der Waals surface area (Å²) in [5.41, 5.74) is 3.44. The normalized spacial score (nSPS) is 14.5. The topological polar surface area (TPSA) is 42.7 Å². The second-order valence-electron chi connectivity index (χ2n) is 5.91. The summed E-state index contributed by atoms with van der Waals surface area (Å²) < 4.78 is 11.3. The third-order valence-electron chi connectivity index (χ3n) is 4.21. The summed E-state index contributed by atoms with van der Waals surface area (Å²) in [5, 5.41) is 0.966. The number of nitrogens with zero attached hydrogens (tertiary/aromatic N) is 1. The van der Waals surface area contributed by atoms with Crippen LogP contribution in [-0.2, 0) is 13.1 Å². The molecule has 0 spiro atoms. The lowest BCUT2D eigenvalue weighted by molar-refractivity contribution is 0.0889. The number of hydrogen-bond acceptors (Lipinski definition) is 4. The maximum Gasteiger partial charge on any atom is 0.336 e. The minimum Gasteiger partial charge on any atom is -0.478 e. The SMILES string of the molecule is Cc1cc(=O)oc2c3c(ccc12)OCN(Cc1ccccc1)C3. The van der Waals surface area contributed by atoms with Crippen LogP contribution in [0.15, 0.2) is 57.7 Å². The highest BCUT2D eigenvalue weighted by atomic mass is 16.5. The second kappa shape index (κ2) is 5.56. The quantitative estimate of drug-likeness (QED) is 0.680. The van der Waals surface area contributed by atoms with Crippen molar-refractivity contribution < 1.29 is 9.15 Å². The Hall–Kier alpha value is -2.59. The fourth-order valence-corrected chi connectivity index (χ4v) is 3.08. The van der Waals surface area contributed by atoms with Crippen molar-refractivity contribution in [1.29, 1.82) is 0 Å². The first-order chi connectivity index (χ1) is 11.2. The van der Waals surface area contributed by atoms with Gasteiger partial charge in [0.1, 0.15) is 18.1 Å². The van der Waals surface area contributed by atoms with Crippen molar-refractivity contribution in [2.45, 2.75) is 20.0 Å². The summed E-state index contributed by atoms with van der Waals surface area (Å²) in [6.45, 7) is 3.96. The largest absolute Gasteiger partial charge is 0.478 e. The molecule has 0 unspecified atom stereocenters. The standard InChI is InChI=1S/C19H17NO3/c1-13-9-18(21)23-19-15(13)7-8-17-16(19)11-20(12-22-17)10-14-5-3-2-4-6-14/h2-9H,10-12H2,1H3. The Labute approximate surface area is 133 Å². The molecule has 0 N–H and O–H groups in total. The molecule has 1 aromatic heterocycles. The van der Waals surface area contributed by atoms with Crippen molar-refractivity contribution in [2.24, 2.45) is 0 Å². The van der Waals surface area contributed by atoms with Gasteiger partial charge < -0.3 is 9.15 Å². The van der Waals surface area contributed by atoms with Crippen LogP contribution >= 0.6 is 0 Å². The fourth-order valence-electron chi connectivity index (χ4n) is 3.08. The molecule has 23 heavy (non-hydrogen) atoms. The third kappa shape index (κ3) is 2.62. The Balaban J connectivity index is 1.73. The molecule has 0 radical (unpaired) electrons. The summed E-state index contributed by atoms with van der Waals surface area (Å²) in [6, 6.07) is 15.7. The van der Waals surface area contributed by atoms with Crippen molar-refractivity contribution in [3.8, 4) is 5.75 Å². The van der Waals surface area contributed by atoms with E-state index < -0.39 is 0 Å². The minimum absolute atomic E-state index is 0.316. The van der Waals surface area contributed by atoms with Crippen LogP contribution in [0.1, 0.15) is 16.7 Å². The predicted molar refractivity (Wildman–Crippen MR) is 88.4 cm³/mol. The third-order valence-corrected chi connectivity index (χ3v) is 4.21. The number of fused-ring (bicyclic) bond motifs is 3. The molecule has 1 aliphatic heterocycles. The smallest absolute Gasteiger partial charge is 0.336 e. The van der Waals surface area contributed by atoms with Gasteiger partial charge in [-0.05, 0) is 30.2 Å². The van der Waals surface area contributed by atoms with Gasteiger partial charge in [0.25, 0.3) is 0 Å². The van der Waals surface area contributed by atoms with Gasteiger partial charge in [-0.25, -0.2) is 4.79 Å². The summed E-state index contributed by atoms with van der Waals surface area (Å²) in [7, 11) is 0. The van der Waals surface area contributed by atoms with E-state index in [0.29, 0.717) is 18.9 Å². The predicted octanol–water partition coefficient (Wildman–Crippen LogP) is 3.45. The van der Waals surface area contributed by atoms with Gasteiger partial charge in [0.15, 0.2) is 0 Å². The number of ether oxygens (including phenoxy) is 1. The average Bonchev–Trinajstić information content (AvgIpc) is 2.55. The summed E-state index contributed by atoms with van der Waals surface area (Å²) in [6.07, 6.45) is 0. The molecule has 4 nitrogen and oxygen atoms in total. The van der Waals surface area contributed by atoms with E-state index in [-0.39, 0.29) is 5.63 Å². The van der Waals surface area contributed by atoms with Crippen LogP contribution in [0.2, 0.25) is 0 Å². The molecule has 0 amide bonds. The second-order valence-corrected chi connectivity index (χ2v) is 5.91. The van der Waals surface area contributed by atoms with Crippen LogP contribution in [-0.4, -0.2) is 11.6 Å². The zero-order valence-corrected chi connectivity index (χ0v) is 12.9. The molecule has 0 bridgehead atoms. The first-order valence-electron chi connectivity index (χ1n) is 7.66. The van der Waals surface area contributed by atoms with E-state index in [0.717, 1.165) is 28.8 Å². The Kier molecular flexibility index (Phi) is 3.39. The molecule has 0 saturated carbocycles. The average molecular weight is 307 g/mol. The van der Waals surface area contributed by atoms with E-state index in [1.54, 1.807) is 0 Å². The van der Waals surface area contributed by atoms with Gasteiger partial charge in [0.05, 0.1) is 5.56 Å². The van der Waals surface area contributed by atoms with Crippen LogP contribution in [0.25, 0.3) is 11.0 Å². The molecule has 2 heterocycles. The number of benzene rings is 2. The van der Waals surface area contributed by atoms with E-state index in [1.165, 1.54) is 11.6 Å². The first kappa shape index (κ1) is 14.0. The lowest BCUT2D eigenvalue weighted by Gasteiger charge is -2.29. The fraction of sp³-hybridized carbons (Fsp3) is 0.211. The van der Waals surface area contributed by atoms with Gasteiger partial charge in [0.2, 0.25) is 0 Å². The van der Waals surface area contributed by atoms with Crippen LogP contribution < -0.4 is 10.4 Å². The van der Waals surface area contributed by atoms with Gasteiger partial charge in [-0.3, -0.25) is 4.90 Å². The molecule has 3 aromatic rings. The Morgan fingerprint density at radius 3 is 2.78 bits per heavy atom. The van der Waals surface area contributed by atoms with E-state index in [4.69, 9.17) is 9.15 Å². The minimum atomic E-state index is -0.316. The molecule has 0 atom stereocenters. The summed E-state index contributed by atoms with van der Waals surface area (Å²) >= 11 is 0. The van der Waals surface area contributed by atoms with Crippen molar-refractivity contribution in [2.75, 3.05) is 6.73 Å². The Morgan fingerprint density at radius 1 is 1.13 bits per heavy atom. The summed E-state index contributed by atoms with van der Waals surface area (Å²) in [5.74, 6) is 0.801. The molecule has 0 saturated heterocycles.